The summed E-state index contributed by atoms with van der Waals surface area (Å²) >= 11 is 0. The summed E-state index contributed by atoms with van der Waals surface area (Å²) in [4.78, 5) is 11.5. The van der Waals surface area contributed by atoms with Crippen molar-refractivity contribution >= 4 is 5.97 Å². The van der Waals surface area contributed by atoms with Crippen LogP contribution in [0.5, 0.6) is 0 Å². The number of rotatable bonds is 1. The third kappa shape index (κ3) is 1.66. The topological polar surface area (TPSA) is 66.8 Å². The summed E-state index contributed by atoms with van der Waals surface area (Å²) in [5, 5.41) is 21.9. The molecule has 3 aliphatic rings. The van der Waals surface area contributed by atoms with Crippen LogP contribution in [0, 0.1) is 22.7 Å². The van der Waals surface area contributed by atoms with Crippen molar-refractivity contribution < 1.29 is 19.7 Å². The maximum absolute atomic E-state index is 11.5. The largest absolute Gasteiger partial charge is 0.459 e. The molecular formula is C17H28O4. The second-order valence-corrected chi connectivity index (χ2v) is 8.61. The van der Waals surface area contributed by atoms with Gasteiger partial charge in [0.2, 0.25) is 0 Å². The molecule has 0 unspecified atom stereocenters. The van der Waals surface area contributed by atoms with E-state index in [0.29, 0.717) is 6.42 Å². The zero-order valence-corrected chi connectivity index (χ0v) is 13.8. The van der Waals surface area contributed by atoms with Crippen LogP contribution in [-0.4, -0.2) is 33.5 Å². The molecular weight excluding hydrogens is 268 g/mol. The molecule has 0 aromatic rings. The first-order valence-corrected chi connectivity index (χ1v) is 8.07. The first kappa shape index (κ1) is 15.3. The average Bonchev–Trinajstić information content (AvgIpc) is 2.68. The quantitative estimate of drug-likeness (QED) is 0.728. The number of hydrogen-bond donors (Lipinski definition) is 2. The fourth-order valence-electron chi connectivity index (χ4n) is 6.41. The van der Waals surface area contributed by atoms with Crippen LogP contribution in [-0.2, 0) is 9.53 Å². The number of carbonyl (C=O) groups excluding carboxylic acids is 1. The summed E-state index contributed by atoms with van der Waals surface area (Å²) in [5.41, 5.74) is -1.97. The van der Waals surface area contributed by atoms with Crippen molar-refractivity contribution in [2.75, 3.05) is 0 Å². The molecule has 4 nitrogen and oxygen atoms in total. The SMILES string of the molecule is CC(=O)O[C@]1(C)C[C@H](O)[C@@]23C[C@H]1C(C)(C)[C@@H]2CC[C@]3(C)O. The van der Waals surface area contributed by atoms with Crippen molar-refractivity contribution in [2.24, 2.45) is 22.7 Å². The van der Waals surface area contributed by atoms with Gasteiger partial charge in [0.05, 0.1) is 11.7 Å². The molecule has 3 fully saturated rings. The van der Waals surface area contributed by atoms with Crippen molar-refractivity contribution in [1.82, 2.24) is 0 Å². The summed E-state index contributed by atoms with van der Waals surface area (Å²) in [6.07, 6.45) is 2.22. The minimum Gasteiger partial charge on any atom is -0.459 e. The van der Waals surface area contributed by atoms with Gasteiger partial charge in [0.1, 0.15) is 5.60 Å². The normalized spacial score (nSPS) is 54.3. The lowest BCUT2D eigenvalue weighted by Gasteiger charge is -2.51. The lowest BCUT2D eigenvalue weighted by molar-refractivity contribution is -0.196. The molecule has 21 heavy (non-hydrogen) atoms. The van der Waals surface area contributed by atoms with E-state index in [-0.39, 0.29) is 23.2 Å². The van der Waals surface area contributed by atoms with Crippen molar-refractivity contribution in [3.8, 4) is 0 Å². The van der Waals surface area contributed by atoms with Gasteiger partial charge in [0.15, 0.2) is 0 Å². The Morgan fingerprint density at radius 2 is 1.76 bits per heavy atom. The highest BCUT2D eigenvalue weighted by Crippen LogP contribution is 2.74. The maximum Gasteiger partial charge on any atom is 0.303 e. The van der Waals surface area contributed by atoms with Gasteiger partial charge in [-0.1, -0.05) is 13.8 Å². The summed E-state index contributed by atoms with van der Waals surface area (Å²) in [5.74, 6) is 0.159. The van der Waals surface area contributed by atoms with E-state index < -0.39 is 22.7 Å². The van der Waals surface area contributed by atoms with Gasteiger partial charge in [-0.3, -0.25) is 4.79 Å². The Hall–Kier alpha value is -0.610. The molecule has 0 heterocycles. The number of carbonyl (C=O) groups is 1. The highest BCUT2D eigenvalue weighted by atomic mass is 16.6. The highest BCUT2D eigenvalue weighted by molar-refractivity contribution is 5.66. The molecule has 4 heteroatoms. The monoisotopic (exact) mass is 296 g/mol. The van der Waals surface area contributed by atoms with Crippen molar-refractivity contribution in [3.63, 3.8) is 0 Å². The van der Waals surface area contributed by atoms with E-state index in [4.69, 9.17) is 4.74 Å². The molecule has 2 bridgehead atoms. The smallest absolute Gasteiger partial charge is 0.303 e. The molecule has 120 valence electrons. The average molecular weight is 296 g/mol. The number of ether oxygens (including phenoxy) is 1. The van der Waals surface area contributed by atoms with Gasteiger partial charge >= 0.3 is 5.97 Å². The second-order valence-electron chi connectivity index (χ2n) is 8.61. The van der Waals surface area contributed by atoms with Gasteiger partial charge in [-0.05, 0) is 44.4 Å². The third-order valence-electron chi connectivity index (χ3n) is 7.19. The van der Waals surface area contributed by atoms with E-state index in [9.17, 15) is 15.0 Å². The van der Waals surface area contributed by atoms with Gasteiger partial charge < -0.3 is 14.9 Å². The predicted octanol–water partition coefficient (Wildman–Crippen LogP) is 2.27. The van der Waals surface area contributed by atoms with Crippen LogP contribution in [0.25, 0.3) is 0 Å². The van der Waals surface area contributed by atoms with Crippen molar-refractivity contribution in [2.45, 2.75) is 77.6 Å². The molecule has 0 amide bonds. The molecule has 2 N–H and O–H groups in total. The van der Waals surface area contributed by atoms with Gasteiger partial charge in [-0.25, -0.2) is 0 Å². The van der Waals surface area contributed by atoms with E-state index in [1.54, 1.807) is 0 Å². The molecule has 3 saturated carbocycles. The molecule has 6 atom stereocenters. The van der Waals surface area contributed by atoms with Crippen molar-refractivity contribution in [1.29, 1.82) is 0 Å². The van der Waals surface area contributed by atoms with Crippen LogP contribution in [0.1, 0.15) is 60.3 Å². The van der Waals surface area contributed by atoms with Gasteiger partial charge in [-0.15, -0.1) is 0 Å². The zero-order chi connectivity index (χ0) is 15.8. The summed E-state index contributed by atoms with van der Waals surface area (Å²) in [7, 11) is 0. The Morgan fingerprint density at radius 1 is 1.14 bits per heavy atom. The first-order valence-electron chi connectivity index (χ1n) is 8.07. The molecule has 1 spiro atoms. The van der Waals surface area contributed by atoms with Crippen LogP contribution in [0.4, 0.5) is 0 Å². The summed E-state index contributed by atoms with van der Waals surface area (Å²) in [6, 6.07) is 0. The molecule has 0 aliphatic heterocycles. The number of aliphatic hydroxyl groups excluding tert-OH is 1. The van der Waals surface area contributed by atoms with E-state index in [1.807, 2.05) is 13.8 Å². The van der Waals surface area contributed by atoms with Gasteiger partial charge in [0.25, 0.3) is 0 Å². The van der Waals surface area contributed by atoms with Crippen LogP contribution in [0.3, 0.4) is 0 Å². The molecule has 0 radical (unpaired) electrons. The lowest BCUT2D eigenvalue weighted by atomic mass is 9.60. The van der Waals surface area contributed by atoms with E-state index in [2.05, 4.69) is 13.8 Å². The van der Waals surface area contributed by atoms with Crippen LogP contribution < -0.4 is 0 Å². The predicted molar refractivity (Wildman–Crippen MR) is 78.5 cm³/mol. The Morgan fingerprint density at radius 3 is 2.33 bits per heavy atom. The van der Waals surface area contributed by atoms with E-state index in [1.165, 1.54) is 6.92 Å². The Balaban J connectivity index is 2.09. The third-order valence-corrected chi connectivity index (χ3v) is 7.19. The van der Waals surface area contributed by atoms with Crippen LogP contribution in [0.15, 0.2) is 0 Å². The Labute approximate surface area is 126 Å². The van der Waals surface area contributed by atoms with E-state index >= 15 is 0 Å². The van der Waals surface area contributed by atoms with Crippen molar-refractivity contribution in [3.05, 3.63) is 0 Å². The van der Waals surface area contributed by atoms with Crippen LogP contribution >= 0.6 is 0 Å². The molecule has 0 aromatic carbocycles. The highest BCUT2D eigenvalue weighted by Gasteiger charge is 2.76. The number of aliphatic hydroxyl groups is 2. The molecule has 0 saturated heterocycles. The maximum atomic E-state index is 11.5. The fraction of sp³-hybridized carbons (Fsp3) is 0.941. The number of hydrogen-bond acceptors (Lipinski definition) is 4. The minimum atomic E-state index is -0.833. The second kappa shape index (κ2) is 4.02. The van der Waals surface area contributed by atoms with E-state index in [0.717, 1.165) is 19.3 Å². The number of esters is 1. The summed E-state index contributed by atoms with van der Waals surface area (Å²) in [6.45, 7) is 9.69. The molecule has 3 rings (SSSR count). The Kier molecular flexibility index (Phi) is 2.93. The summed E-state index contributed by atoms with van der Waals surface area (Å²) < 4.78 is 5.66. The van der Waals surface area contributed by atoms with Gasteiger partial charge in [-0.2, -0.15) is 0 Å². The lowest BCUT2D eigenvalue weighted by Crippen LogP contribution is -2.58. The standard InChI is InChI=1S/C17H28O4/c1-10(18)21-15(4)9-13(19)17-8-12(15)14(2,3)11(17)6-7-16(17,5)20/h11-13,19-20H,6-9H2,1-5H3/t11-,12-,13-,15+,16-,17+/m0/s1. The van der Waals surface area contributed by atoms with Gasteiger partial charge in [0, 0.05) is 24.7 Å². The number of fused-ring (bicyclic) bond motifs is 1. The fourth-order valence-corrected chi connectivity index (χ4v) is 6.41. The van der Waals surface area contributed by atoms with Crippen LogP contribution in [0.2, 0.25) is 0 Å². The minimum absolute atomic E-state index is 0.0534. The first-order chi connectivity index (χ1) is 9.47. The molecule has 3 aliphatic carbocycles. The zero-order valence-electron chi connectivity index (χ0n) is 13.8. The molecule has 0 aromatic heterocycles. The Bertz CT molecular complexity index is 483.